The van der Waals surface area contributed by atoms with Crippen molar-refractivity contribution >= 4 is 47.4 Å². The fourth-order valence-electron chi connectivity index (χ4n) is 3.83. The summed E-state index contributed by atoms with van der Waals surface area (Å²) in [6, 6.07) is 11.8. The highest BCUT2D eigenvalue weighted by Gasteiger charge is 2.17. The number of oxazole rings is 1. The summed E-state index contributed by atoms with van der Waals surface area (Å²) in [5, 5.41) is 0. The predicted octanol–water partition coefficient (Wildman–Crippen LogP) is 3.99. The standard InChI is InChI=1S/C22H24FN3O3.2ClH/c1-16(27)17-3-8-20-21(15-17)29-22(28)26(20)10-2-9-24-11-13-25(14-12-24)19-6-4-18(23)5-7-19;;/h3-8,15H,2,9-14H2,1H3;2*1H. The maximum absolute atomic E-state index is 13.1. The highest BCUT2D eigenvalue weighted by molar-refractivity contribution is 5.96. The van der Waals surface area contributed by atoms with Crippen LogP contribution in [0.4, 0.5) is 10.1 Å². The molecule has 9 heteroatoms. The fraction of sp³-hybridized carbons (Fsp3) is 0.364. The summed E-state index contributed by atoms with van der Waals surface area (Å²) in [6.07, 6.45) is 0.833. The lowest BCUT2D eigenvalue weighted by atomic mass is 10.1. The van der Waals surface area contributed by atoms with E-state index in [1.54, 1.807) is 22.8 Å². The summed E-state index contributed by atoms with van der Waals surface area (Å²) in [6.45, 7) is 6.61. The zero-order chi connectivity index (χ0) is 20.4. The van der Waals surface area contributed by atoms with Gasteiger partial charge in [-0.2, -0.15) is 0 Å². The largest absolute Gasteiger partial charge is 0.419 e. The summed E-state index contributed by atoms with van der Waals surface area (Å²) >= 11 is 0. The van der Waals surface area contributed by atoms with Crippen LogP contribution >= 0.6 is 24.8 Å². The molecule has 1 aliphatic heterocycles. The number of fused-ring (bicyclic) bond motifs is 1. The summed E-state index contributed by atoms with van der Waals surface area (Å²) in [5.41, 5.74) is 2.77. The first-order valence-electron chi connectivity index (χ1n) is 9.88. The van der Waals surface area contributed by atoms with Gasteiger partial charge in [0.15, 0.2) is 11.4 Å². The Labute approximate surface area is 192 Å². The molecule has 0 radical (unpaired) electrons. The average Bonchev–Trinajstić information content (AvgIpc) is 3.03. The molecule has 2 aromatic carbocycles. The van der Waals surface area contributed by atoms with Gasteiger partial charge in [-0.1, -0.05) is 0 Å². The van der Waals surface area contributed by atoms with E-state index in [9.17, 15) is 14.0 Å². The number of Topliss-reactive ketones (excluding diaryl/α,β-unsaturated/α-hetero) is 1. The van der Waals surface area contributed by atoms with Crippen LogP contribution in [0, 0.1) is 5.82 Å². The monoisotopic (exact) mass is 469 g/mol. The number of carbonyl (C=O) groups is 1. The van der Waals surface area contributed by atoms with Gasteiger partial charge in [-0.25, -0.2) is 9.18 Å². The van der Waals surface area contributed by atoms with Gasteiger partial charge in [0.05, 0.1) is 5.52 Å². The van der Waals surface area contributed by atoms with Crippen LogP contribution in [0.3, 0.4) is 0 Å². The van der Waals surface area contributed by atoms with Crippen molar-refractivity contribution in [1.82, 2.24) is 9.47 Å². The van der Waals surface area contributed by atoms with Crippen molar-refractivity contribution in [2.24, 2.45) is 0 Å². The number of ketones is 1. The number of aromatic nitrogens is 1. The van der Waals surface area contributed by atoms with Crippen molar-refractivity contribution in [3.05, 3.63) is 64.4 Å². The van der Waals surface area contributed by atoms with Crippen LogP contribution in [-0.2, 0) is 6.54 Å². The molecule has 0 N–H and O–H groups in total. The number of hydrogen-bond donors (Lipinski definition) is 0. The second-order valence-corrected chi connectivity index (χ2v) is 7.42. The Morgan fingerprint density at radius 3 is 2.32 bits per heavy atom. The third-order valence-electron chi connectivity index (χ3n) is 5.49. The molecular weight excluding hydrogens is 444 g/mol. The van der Waals surface area contributed by atoms with Gasteiger partial charge >= 0.3 is 5.76 Å². The van der Waals surface area contributed by atoms with E-state index < -0.39 is 0 Å². The quantitative estimate of drug-likeness (QED) is 0.510. The van der Waals surface area contributed by atoms with E-state index in [0.717, 1.165) is 50.3 Å². The van der Waals surface area contributed by atoms with E-state index in [1.807, 2.05) is 12.1 Å². The van der Waals surface area contributed by atoms with Crippen LogP contribution in [-0.4, -0.2) is 48.0 Å². The summed E-state index contributed by atoms with van der Waals surface area (Å²) in [7, 11) is 0. The van der Waals surface area contributed by atoms with Gasteiger partial charge in [-0.05, 0) is 62.4 Å². The number of nitrogens with zero attached hydrogens (tertiary/aromatic N) is 3. The Morgan fingerprint density at radius 2 is 1.68 bits per heavy atom. The van der Waals surface area contributed by atoms with Gasteiger partial charge in [0.1, 0.15) is 5.82 Å². The third-order valence-corrected chi connectivity index (χ3v) is 5.49. The van der Waals surface area contributed by atoms with Crippen LogP contribution < -0.4 is 10.7 Å². The summed E-state index contributed by atoms with van der Waals surface area (Å²) in [5.74, 6) is -0.657. The lowest BCUT2D eigenvalue weighted by Crippen LogP contribution is -2.46. The molecule has 4 rings (SSSR count). The van der Waals surface area contributed by atoms with Gasteiger partial charge < -0.3 is 9.32 Å². The highest BCUT2D eigenvalue weighted by Crippen LogP contribution is 2.18. The van der Waals surface area contributed by atoms with Crippen LogP contribution in [0.1, 0.15) is 23.7 Å². The molecule has 0 unspecified atom stereocenters. The zero-order valence-electron chi connectivity index (χ0n) is 17.3. The molecule has 0 spiro atoms. The Morgan fingerprint density at radius 1 is 1.00 bits per heavy atom. The molecule has 6 nitrogen and oxygen atoms in total. The minimum atomic E-state index is -0.387. The number of halogens is 3. The van der Waals surface area contributed by atoms with Crippen molar-refractivity contribution in [1.29, 1.82) is 0 Å². The van der Waals surface area contributed by atoms with E-state index in [2.05, 4.69) is 9.80 Å². The average molecular weight is 470 g/mol. The van der Waals surface area contributed by atoms with Crippen LogP contribution in [0.15, 0.2) is 51.7 Å². The molecular formula is C22H26Cl2FN3O3. The number of rotatable bonds is 6. The van der Waals surface area contributed by atoms with Gasteiger partial charge in [0, 0.05) is 44.0 Å². The van der Waals surface area contributed by atoms with E-state index in [4.69, 9.17) is 4.42 Å². The van der Waals surface area contributed by atoms with Crippen molar-refractivity contribution in [3.8, 4) is 0 Å². The molecule has 0 aliphatic carbocycles. The number of aryl methyl sites for hydroxylation is 1. The van der Waals surface area contributed by atoms with E-state index in [1.165, 1.54) is 19.1 Å². The molecule has 0 saturated carbocycles. The SMILES string of the molecule is CC(=O)c1ccc2c(c1)oc(=O)n2CCCN1CCN(c2ccc(F)cc2)CC1.Cl.Cl. The lowest BCUT2D eigenvalue weighted by Gasteiger charge is -2.36. The van der Waals surface area contributed by atoms with Crippen molar-refractivity contribution in [2.45, 2.75) is 19.9 Å². The van der Waals surface area contributed by atoms with E-state index >= 15 is 0 Å². The number of anilines is 1. The molecule has 1 aromatic heterocycles. The molecule has 0 amide bonds. The highest BCUT2D eigenvalue weighted by atomic mass is 35.5. The van der Waals surface area contributed by atoms with Gasteiger partial charge in [0.25, 0.3) is 0 Å². The molecule has 3 aromatic rings. The topological polar surface area (TPSA) is 58.7 Å². The number of benzene rings is 2. The Bertz CT molecular complexity index is 1070. The summed E-state index contributed by atoms with van der Waals surface area (Å²) < 4.78 is 20.0. The Balaban J connectivity index is 0.00000171. The number of hydrogen-bond acceptors (Lipinski definition) is 5. The summed E-state index contributed by atoms with van der Waals surface area (Å²) in [4.78, 5) is 28.3. The zero-order valence-corrected chi connectivity index (χ0v) is 18.9. The van der Waals surface area contributed by atoms with Gasteiger partial charge in [-0.3, -0.25) is 14.3 Å². The molecule has 1 saturated heterocycles. The first kappa shape index (κ1) is 24.9. The minimum Gasteiger partial charge on any atom is -0.408 e. The van der Waals surface area contributed by atoms with Crippen molar-refractivity contribution in [2.75, 3.05) is 37.6 Å². The van der Waals surface area contributed by atoms with E-state index in [-0.39, 0.29) is 42.2 Å². The Hall–Kier alpha value is -2.35. The smallest absolute Gasteiger partial charge is 0.408 e. The molecule has 0 atom stereocenters. The van der Waals surface area contributed by atoms with Crippen LogP contribution in [0.5, 0.6) is 0 Å². The third kappa shape index (κ3) is 5.67. The first-order chi connectivity index (χ1) is 14.0. The second kappa shape index (κ2) is 10.8. The number of carbonyl (C=O) groups excluding carboxylic acids is 1. The Kier molecular flexibility index (Phi) is 8.68. The lowest BCUT2D eigenvalue weighted by molar-refractivity contribution is 0.101. The predicted molar refractivity (Wildman–Crippen MR) is 125 cm³/mol. The van der Waals surface area contributed by atoms with Gasteiger partial charge in [-0.15, -0.1) is 24.8 Å². The molecule has 1 fully saturated rings. The van der Waals surface area contributed by atoms with Crippen LogP contribution in [0.2, 0.25) is 0 Å². The molecule has 2 heterocycles. The molecule has 0 bridgehead atoms. The maximum Gasteiger partial charge on any atom is 0.419 e. The molecule has 168 valence electrons. The van der Waals surface area contributed by atoms with Crippen molar-refractivity contribution in [3.63, 3.8) is 0 Å². The van der Waals surface area contributed by atoms with E-state index in [0.29, 0.717) is 17.7 Å². The number of piperazine rings is 1. The van der Waals surface area contributed by atoms with Crippen LogP contribution in [0.25, 0.3) is 11.1 Å². The van der Waals surface area contributed by atoms with Gasteiger partial charge in [0.2, 0.25) is 0 Å². The fourth-order valence-corrected chi connectivity index (χ4v) is 3.83. The minimum absolute atomic E-state index is 0. The molecule has 31 heavy (non-hydrogen) atoms. The normalized spacial score (nSPS) is 14.2. The first-order valence-corrected chi connectivity index (χ1v) is 9.88. The molecule has 1 aliphatic rings. The van der Waals surface area contributed by atoms with Crippen molar-refractivity contribution < 1.29 is 13.6 Å². The second-order valence-electron chi connectivity index (χ2n) is 7.42. The maximum atomic E-state index is 13.1.